The number of likely N-dealkylation sites (tertiary alicyclic amines) is 1. The highest BCUT2D eigenvalue weighted by molar-refractivity contribution is 5.79. The molecule has 2 unspecified atom stereocenters. The highest BCUT2D eigenvalue weighted by Crippen LogP contribution is 2.32. The molecule has 0 bridgehead atoms. The van der Waals surface area contributed by atoms with Crippen LogP contribution in [0, 0.1) is 5.92 Å². The van der Waals surface area contributed by atoms with Gasteiger partial charge in [0.05, 0.1) is 18.7 Å². The van der Waals surface area contributed by atoms with Crippen molar-refractivity contribution in [2.24, 2.45) is 5.92 Å². The van der Waals surface area contributed by atoms with Gasteiger partial charge in [0.25, 0.3) is 5.91 Å². The maximum Gasteiger partial charge on any atom is 0.261 e. The van der Waals surface area contributed by atoms with E-state index in [1.807, 2.05) is 36.6 Å². The smallest absolute Gasteiger partial charge is 0.261 e. The Kier molecular flexibility index (Phi) is 5.72. The number of rotatable bonds is 5. The molecular formula is C21H27N5O4. The van der Waals surface area contributed by atoms with Crippen molar-refractivity contribution >= 4 is 11.8 Å². The fourth-order valence-electron chi connectivity index (χ4n) is 4.06. The lowest BCUT2D eigenvalue weighted by molar-refractivity contribution is -0.136. The van der Waals surface area contributed by atoms with Crippen LogP contribution in [-0.2, 0) is 22.7 Å². The van der Waals surface area contributed by atoms with Gasteiger partial charge >= 0.3 is 0 Å². The standard InChI is InChI=1S/C21H27N5O4/c1-14(2)21(29)24-8-9-25-18(12-24)22-23-20(25)17-10-15(27)11-26(17)19(28)13-30-16-6-4-3-5-7-16/h3-7,14-15,17,27H,8-13H2,1-2H3. The van der Waals surface area contributed by atoms with Gasteiger partial charge in [-0.05, 0) is 12.1 Å². The molecule has 2 atom stereocenters. The third-order valence-corrected chi connectivity index (χ3v) is 5.59. The molecule has 1 aromatic heterocycles. The van der Waals surface area contributed by atoms with Gasteiger partial charge in [-0.3, -0.25) is 9.59 Å². The second-order valence-electron chi connectivity index (χ2n) is 8.09. The maximum atomic E-state index is 12.8. The first kappa shape index (κ1) is 20.3. The average molecular weight is 413 g/mol. The number of carbonyl (C=O) groups excluding carboxylic acids is 2. The van der Waals surface area contributed by atoms with Crippen LogP contribution >= 0.6 is 0 Å². The van der Waals surface area contributed by atoms with E-state index in [-0.39, 0.29) is 36.9 Å². The maximum absolute atomic E-state index is 12.8. The Morgan fingerprint density at radius 1 is 1.20 bits per heavy atom. The summed E-state index contributed by atoms with van der Waals surface area (Å²) in [6.45, 7) is 5.46. The summed E-state index contributed by atoms with van der Waals surface area (Å²) in [7, 11) is 0. The lowest BCUT2D eigenvalue weighted by Crippen LogP contribution is -2.41. The van der Waals surface area contributed by atoms with Crippen molar-refractivity contribution in [2.45, 2.75) is 45.5 Å². The van der Waals surface area contributed by atoms with Gasteiger partial charge in [-0.15, -0.1) is 10.2 Å². The number of hydrogen-bond donors (Lipinski definition) is 1. The van der Waals surface area contributed by atoms with Gasteiger partial charge in [0.2, 0.25) is 5.91 Å². The Hall–Kier alpha value is -2.94. The largest absolute Gasteiger partial charge is 0.484 e. The number of fused-ring (bicyclic) bond motifs is 1. The predicted molar refractivity (Wildman–Crippen MR) is 107 cm³/mol. The molecule has 0 aliphatic carbocycles. The van der Waals surface area contributed by atoms with Crippen LogP contribution in [0.25, 0.3) is 0 Å². The highest BCUT2D eigenvalue weighted by Gasteiger charge is 2.39. The van der Waals surface area contributed by atoms with E-state index in [1.54, 1.807) is 21.9 Å². The average Bonchev–Trinajstić information content (AvgIpc) is 3.34. The topological polar surface area (TPSA) is 101 Å². The van der Waals surface area contributed by atoms with Crippen LogP contribution in [0.2, 0.25) is 0 Å². The minimum absolute atomic E-state index is 0.0679. The van der Waals surface area contributed by atoms with E-state index in [1.165, 1.54) is 0 Å². The Morgan fingerprint density at radius 2 is 1.97 bits per heavy atom. The molecule has 2 aliphatic heterocycles. The second-order valence-corrected chi connectivity index (χ2v) is 8.09. The van der Waals surface area contributed by atoms with Crippen LogP contribution in [0.5, 0.6) is 5.75 Å². The number of amides is 2. The minimum Gasteiger partial charge on any atom is -0.484 e. The molecule has 1 N–H and O–H groups in total. The Balaban J connectivity index is 1.48. The van der Waals surface area contributed by atoms with Gasteiger partial charge in [0.1, 0.15) is 5.75 Å². The van der Waals surface area contributed by atoms with E-state index in [9.17, 15) is 14.7 Å². The molecule has 3 heterocycles. The van der Waals surface area contributed by atoms with Crippen molar-refractivity contribution in [1.29, 1.82) is 0 Å². The zero-order chi connectivity index (χ0) is 21.3. The van der Waals surface area contributed by atoms with Gasteiger partial charge in [0, 0.05) is 32.0 Å². The molecule has 1 fully saturated rings. The summed E-state index contributed by atoms with van der Waals surface area (Å²) in [5, 5.41) is 18.8. The molecule has 2 aliphatic rings. The second kappa shape index (κ2) is 8.43. The summed E-state index contributed by atoms with van der Waals surface area (Å²) in [6, 6.07) is 8.80. The Labute approximate surface area is 175 Å². The van der Waals surface area contributed by atoms with E-state index in [2.05, 4.69) is 10.2 Å². The van der Waals surface area contributed by atoms with Crippen molar-refractivity contribution in [3.05, 3.63) is 42.0 Å². The molecule has 2 aromatic rings. The number of carbonyl (C=O) groups is 2. The van der Waals surface area contributed by atoms with Crippen molar-refractivity contribution in [2.75, 3.05) is 19.7 Å². The molecule has 0 radical (unpaired) electrons. The molecule has 0 spiro atoms. The van der Waals surface area contributed by atoms with Crippen molar-refractivity contribution < 1.29 is 19.4 Å². The van der Waals surface area contributed by atoms with E-state index in [4.69, 9.17) is 4.74 Å². The van der Waals surface area contributed by atoms with E-state index < -0.39 is 6.10 Å². The lowest BCUT2D eigenvalue weighted by Gasteiger charge is -2.30. The van der Waals surface area contributed by atoms with Crippen LogP contribution in [0.4, 0.5) is 0 Å². The molecule has 160 valence electrons. The normalized spacial score (nSPS) is 21.1. The van der Waals surface area contributed by atoms with E-state index in [0.29, 0.717) is 43.5 Å². The fourth-order valence-corrected chi connectivity index (χ4v) is 4.06. The van der Waals surface area contributed by atoms with Crippen LogP contribution in [0.15, 0.2) is 30.3 Å². The fraction of sp³-hybridized carbons (Fsp3) is 0.524. The highest BCUT2D eigenvalue weighted by atomic mass is 16.5. The summed E-state index contributed by atoms with van der Waals surface area (Å²) in [4.78, 5) is 28.6. The van der Waals surface area contributed by atoms with Crippen LogP contribution < -0.4 is 4.74 Å². The zero-order valence-electron chi connectivity index (χ0n) is 17.3. The quantitative estimate of drug-likeness (QED) is 0.785. The summed E-state index contributed by atoms with van der Waals surface area (Å²) in [5.41, 5.74) is 0. The predicted octanol–water partition coefficient (Wildman–Crippen LogP) is 0.990. The van der Waals surface area contributed by atoms with Crippen LogP contribution in [0.3, 0.4) is 0 Å². The Morgan fingerprint density at radius 3 is 2.70 bits per heavy atom. The lowest BCUT2D eigenvalue weighted by atomic mass is 10.1. The molecule has 30 heavy (non-hydrogen) atoms. The first-order valence-corrected chi connectivity index (χ1v) is 10.3. The summed E-state index contributed by atoms with van der Waals surface area (Å²) >= 11 is 0. The zero-order valence-corrected chi connectivity index (χ0v) is 17.3. The number of benzene rings is 1. The molecule has 1 aromatic carbocycles. The molecule has 0 saturated carbocycles. The monoisotopic (exact) mass is 413 g/mol. The van der Waals surface area contributed by atoms with Crippen molar-refractivity contribution in [3.63, 3.8) is 0 Å². The van der Waals surface area contributed by atoms with Crippen molar-refractivity contribution in [3.8, 4) is 5.75 Å². The third kappa shape index (κ3) is 4.02. The van der Waals surface area contributed by atoms with Gasteiger partial charge in [-0.1, -0.05) is 32.0 Å². The molecule has 4 rings (SSSR count). The number of aliphatic hydroxyl groups excluding tert-OH is 1. The first-order chi connectivity index (χ1) is 14.4. The van der Waals surface area contributed by atoms with Gasteiger partial charge in [-0.25, -0.2) is 0 Å². The number of hydrogen-bond acceptors (Lipinski definition) is 6. The summed E-state index contributed by atoms with van der Waals surface area (Å²) < 4.78 is 7.57. The van der Waals surface area contributed by atoms with Crippen molar-refractivity contribution in [1.82, 2.24) is 24.6 Å². The Bertz CT molecular complexity index is 913. The SMILES string of the molecule is CC(C)C(=O)N1CCn2c(nnc2C2CC(O)CN2C(=O)COc2ccccc2)C1. The minimum atomic E-state index is -0.619. The van der Waals surface area contributed by atoms with Gasteiger partial charge in [-0.2, -0.15) is 0 Å². The van der Waals surface area contributed by atoms with Crippen LogP contribution in [-0.4, -0.2) is 67.3 Å². The third-order valence-electron chi connectivity index (χ3n) is 5.59. The summed E-state index contributed by atoms with van der Waals surface area (Å²) in [6.07, 6.45) is -0.213. The number of ether oxygens (including phenoxy) is 1. The van der Waals surface area contributed by atoms with Gasteiger partial charge in [0.15, 0.2) is 18.3 Å². The van der Waals surface area contributed by atoms with Crippen LogP contribution in [0.1, 0.15) is 38.0 Å². The van der Waals surface area contributed by atoms with E-state index in [0.717, 1.165) is 0 Å². The number of aliphatic hydroxyl groups is 1. The molecule has 1 saturated heterocycles. The molecule has 9 heteroatoms. The summed E-state index contributed by atoms with van der Waals surface area (Å²) in [5.74, 6) is 1.81. The van der Waals surface area contributed by atoms with Gasteiger partial charge < -0.3 is 24.2 Å². The first-order valence-electron chi connectivity index (χ1n) is 10.3. The molecule has 9 nitrogen and oxygen atoms in total. The molecule has 2 amide bonds. The molecular weight excluding hydrogens is 386 g/mol. The number of β-amino-alcohol motifs (C(OH)–C–C–N with tert-alkyl or cyclic N) is 1. The number of nitrogens with zero attached hydrogens (tertiary/aromatic N) is 5. The van der Waals surface area contributed by atoms with E-state index >= 15 is 0 Å². The number of aromatic nitrogens is 3. The number of para-hydroxylation sites is 1.